The Bertz CT molecular complexity index is 455. The zero-order chi connectivity index (χ0) is 13.7. The lowest BCUT2D eigenvalue weighted by Crippen LogP contribution is -2.42. The average molecular weight is 327 g/mol. The van der Waals surface area contributed by atoms with E-state index in [0.29, 0.717) is 12.2 Å². The van der Waals surface area contributed by atoms with E-state index in [-0.39, 0.29) is 24.3 Å². The molecule has 0 radical (unpaired) electrons. The van der Waals surface area contributed by atoms with Crippen molar-refractivity contribution in [1.29, 1.82) is 0 Å². The third kappa shape index (κ3) is 4.33. The van der Waals surface area contributed by atoms with Gasteiger partial charge in [0.1, 0.15) is 0 Å². The van der Waals surface area contributed by atoms with Gasteiger partial charge in [-0.25, -0.2) is 0 Å². The van der Waals surface area contributed by atoms with Gasteiger partial charge in [-0.3, -0.25) is 20.4 Å². The number of hydrogen-bond acceptors (Lipinski definition) is 3. The maximum Gasteiger partial charge on any atom is 0.269 e. The molecule has 2 N–H and O–H groups in total. The summed E-state index contributed by atoms with van der Waals surface area (Å²) < 4.78 is 6.24. The van der Waals surface area contributed by atoms with Crippen LogP contribution in [-0.2, 0) is 9.53 Å². The molecule has 1 aliphatic rings. The number of hydrogen-bond donors (Lipinski definition) is 2. The Morgan fingerprint density at radius 1 is 1.26 bits per heavy atom. The molecule has 1 atom stereocenters. The molecule has 0 bridgehead atoms. The quantitative estimate of drug-likeness (QED) is 0.832. The molecular formula is C13H15BrN2O3. The van der Waals surface area contributed by atoms with Crippen molar-refractivity contribution < 1.29 is 14.3 Å². The molecule has 2 amide bonds. The molecule has 1 aliphatic heterocycles. The van der Waals surface area contributed by atoms with Crippen LogP contribution in [0.25, 0.3) is 0 Å². The Morgan fingerprint density at radius 3 is 2.63 bits per heavy atom. The SMILES string of the molecule is O=C(CC1CCCO1)NNC(=O)c1ccc(Br)cc1. The van der Waals surface area contributed by atoms with Crippen molar-refractivity contribution >= 4 is 27.7 Å². The van der Waals surface area contributed by atoms with Crippen LogP contribution in [0.15, 0.2) is 28.7 Å². The summed E-state index contributed by atoms with van der Waals surface area (Å²) >= 11 is 3.29. The zero-order valence-electron chi connectivity index (χ0n) is 10.3. The first kappa shape index (κ1) is 14.0. The third-order valence-electron chi connectivity index (χ3n) is 2.86. The van der Waals surface area contributed by atoms with Gasteiger partial charge >= 0.3 is 0 Å². The second kappa shape index (κ2) is 6.68. The zero-order valence-corrected chi connectivity index (χ0v) is 11.9. The molecule has 1 fully saturated rings. The number of carbonyl (C=O) groups excluding carboxylic acids is 2. The number of carbonyl (C=O) groups is 2. The van der Waals surface area contributed by atoms with Crippen molar-refractivity contribution in [2.24, 2.45) is 0 Å². The van der Waals surface area contributed by atoms with Crippen LogP contribution in [0.5, 0.6) is 0 Å². The fourth-order valence-corrected chi connectivity index (χ4v) is 2.13. The minimum atomic E-state index is -0.340. The predicted octanol–water partition coefficient (Wildman–Crippen LogP) is 1.78. The highest BCUT2D eigenvalue weighted by Crippen LogP contribution is 2.14. The fourth-order valence-electron chi connectivity index (χ4n) is 1.86. The highest BCUT2D eigenvalue weighted by atomic mass is 79.9. The lowest BCUT2D eigenvalue weighted by Gasteiger charge is -2.10. The summed E-state index contributed by atoms with van der Waals surface area (Å²) in [5, 5.41) is 0. The van der Waals surface area contributed by atoms with Gasteiger partial charge in [-0.1, -0.05) is 15.9 Å². The lowest BCUT2D eigenvalue weighted by atomic mass is 10.2. The molecule has 0 saturated carbocycles. The number of halogens is 1. The van der Waals surface area contributed by atoms with Gasteiger partial charge in [0.2, 0.25) is 5.91 Å². The molecule has 0 spiro atoms. The van der Waals surface area contributed by atoms with Gasteiger partial charge in [-0.2, -0.15) is 0 Å². The Balaban J connectivity index is 1.76. The molecule has 0 aliphatic carbocycles. The van der Waals surface area contributed by atoms with E-state index >= 15 is 0 Å². The molecule has 0 aromatic heterocycles. The van der Waals surface area contributed by atoms with Crippen LogP contribution in [0.4, 0.5) is 0 Å². The molecule has 5 nitrogen and oxygen atoms in total. The maximum absolute atomic E-state index is 11.7. The number of amides is 2. The summed E-state index contributed by atoms with van der Waals surface area (Å²) in [6.07, 6.45) is 2.14. The van der Waals surface area contributed by atoms with Crippen LogP contribution in [0.3, 0.4) is 0 Å². The van der Waals surface area contributed by atoms with Gasteiger partial charge in [0.05, 0.1) is 12.5 Å². The van der Waals surface area contributed by atoms with Gasteiger partial charge in [0.25, 0.3) is 5.91 Å². The number of hydrazine groups is 1. The first-order valence-corrected chi connectivity index (χ1v) is 6.91. The third-order valence-corrected chi connectivity index (χ3v) is 3.39. The van der Waals surface area contributed by atoms with E-state index in [2.05, 4.69) is 26.8 Å². The molecule has 2 rings (SSSR count). The Morgan fingerprint density at radius 2 is 2.00 bits per heavy atom. The summed E-state index contributed by atoms with van der Waals surface area (Å²) in [6, 6.07) is 6.88. The van der Waals surface area contributed by atoms with Crippen molar-refractivity contribution in [1.82, 2.24) is 10.9 Å². The normalized spacial score (nSPS) is 18.1. The summed E-state index contributed by atoms with van der Waals surface area (Å²) in [6.45, 7) is 0.712. The van der Waals surface area contributed by atoms with E-state index in [1.54, 1.807) is 24.3 Å². The van der Waals surface area contributed by atoms with Gasteiger partial charge in [0, 0.05) is 16.6 Å². The fraction of sp³-hybridized carbons (Fsp3) is 0.385. The van der Waals surface area contributed by atoms with Crippen LogP contribution in [0, 0.1) is 0 Å². The molecule has 1 aromatic carbocycles. The molecule has 102 valence electrons. The monoisotopic (exact) mass is 326 g/mol. The van der Waals surface area contributed by atoms with E-state index in [1.807, 2.05) is 0 Å². The van der Waals surface area contributed by atoms with E-state index < -0.39 is 0 Å². The highest BCUT2D eigenvalue weighted by Gasteiger charge is 2.19. The first-order valence-electron chi connectivity index (χ1n) is 6.11. The summed E-state index contributed by atoms with van der Waals surface area (Å²) in [5.41, 5.74) is 5.26. The van der Waals surface area contributed by atoms with Gasteiger partial charge in [-0.15, -0.1) is 0 Å². The van der Waals surface area contributed by atoms with E-state index in [4.69, 9.17) is 4.74 Å². The van der Waals surface area contributed by atoms with Gasteiger partial charge in [0.15, 0.2) is 0 Å². The summed E-state index contributed by atoms with van der Waals surface area (Å²) in [5.74, 6) is -0.578. The number of benzene rings is 1. The largest absolute Gasteiger partial charge is 0.378 e. The Kier molecular flexibility index (Phi) is 4.93. The summed E-state index contributed by atoms with van der Waals surface area (Å²) in [7, 11) is 0. The maximum atomic E-state index is 11.7. The Labute approximate surface area is 119 Å². The van der Waals surface area contributed by atoms with Crippen molar-refractivity contribution in [2.75, 3.05) is 6.61 Å². The number of ether oxygens (including phenoxy) is 1. The van der Waals surface area contributed by atoms with Crippen LogP contribution >= 0.6 is 15.9 Å². The summed E-state index contributed by atoms with van der Waals surface area (Å²) in [4.78, 5) is 23.3. The Hall–Kier alpha value is -1.40. The first-order chi connectivity index (χ1) is 9.15. The van der Waals surface area contributed by atoms with Crippen molar-refractivity contribution in [3.63, 3.8) is 0 Å². The van der Waals surface area contributed by atoms with Crippen molar-refractivity contribution in [3.8, 4) is 0 Å². The molecule has 19 heavy (non-hydrogen) atoms. The molecule has 1 unspecified atom stereocenters. The number of nitrogens with one attached hydrogen (secondary N) is 2. The molecule has 1 aromatic rings. The van der Waals surface area contributed by atoms with Crippen LogP contribution in [0.1, 0.15) is 29.6 Å². The van der Waals surface area contributed by atoms with Gasteiger partial charge < -0.3 is 4.74 Å². The average Bonchev–Trinajstić information content (AvgIpc) is 2.89. The standard InChI is InChI=1S/C13H15BrN2O3/c14-10-5-3-9(4-6-10)13(18)16-15-12(17)8-11-2-1-7-19-11/h3-6,11H,1-2,7-8H2,(H,15,17)(H,16,18). The molecule has 1 saturated heterocycles. The topological polar surface area (TPSA) is 67.4 Å². The highest BCUT2D eigenvalue weighted by molar-refractivity contribution is 9.10. The second-order valence-corrected chi connectivity index (χ2v) is 5.26. The molecule has 1 heterocycles. The van der Waals surface area contributed by atoms with Crippen LogP contribution < -0.4 is 10.9 Å². The van der Waals surface area contributed by atoms with E-state index in [0.717, 1.165) is 17.3 Å². The molecular weight excluding hydrogens is 312 g/mol. The van der Waals surface area contributed by atoms with Crippen LogP contribution in [-0.4, -0.2) is 24.5 Å². The van der Waals surface area contributed by atoms with Crippen molar-refractivity contribution in [3.05, 3.63) is 34.3 Å². The number of rotatable bonds is 3. The minimum Gasteiger partial charge on any atom is -0.378 e. The smallest absolute Gasteiger partial charge is 0.269 e. The predicted molar refractivity (Wildman–Crippen MR) is 73.3 cm³/mol. The second-order valence-electron chi connectivity index (χ2n) is 4.35. The van der Waals surface area contributed by atoms with Crippen LogP contribution in [0.2, 0.25) is 0 Å². The van der Waals surface area contributed by atoms with Crippen molar-refractivity contribution in [2.45, 2.75) is 25.4 Å². The van der Waals surface area contributed by atoms with E-state index in [1.165, 1.54) is 0 Å². The lowest BCUT2D eigenvalue weighted by molar-refractivity contribution is -0.124. The van der Waals surface area contributed by atoms with Gasteiger partial charge in [-0.05, 0) is 37.1 Å². The van der Waals surface area contributed by atoms with E-state index in [9.17, 15) is 9.59 Å². The minimum absolute atomic E-state index is 0.0235. The molecule has 6 heteroatoms.